The molecule has 0 spiro atoms. The van der Waals surface area contributed by atoms with Crippen LogP contribution in [0.2, 0.25) is 0 Å². The number of aliphatic hydroxyl groups is 1. The third kappa shape index (κ3) is 4.41. The van der Waals surface area contributed by atoms with E-state index in [4.69, 9.17) is 0 Å². The minimum atomic E-state index is -0.930. The third-order valence-corrected chi connectivity index (χ3v) is 4.98. The molecule has 1 aromatic carbocycles. The maximum absolute atomic E-state index is 12.8. The van der Waals surface area contributed by atoms with E-state index in [-0.39, 0.29) is 5.91 Å². The molecule has 3 rings (SSSR count). The van der Waals surface area contributed by atoms with Crippen LogP contribution in [0, 0.1) is 0 Å². The van der Waals surface area contributed by atoms with Crippen molar-refractivity contribution in [1.29, 1.82) is 0 Å². The number of piperidine rings is 1. The molecule has 1 amide bonds. The Bertz CT molecular complexity index is 725. The maximum atomic E-state index is 12.8. The molecule has 1 atom stereocenters. The van der Waals surface area contributed by atoms with E-state index < -0.39 is 5.60 Å². The number of hydrogen-bond acceptors (Lipinski definition) is 4. The average Bonchev–Trinajstić information content (AvgIpc) is 2.69. The third-order valence-electron chi connectivity index (χ3n) is 4.98. The van der Waals surface area contributed by atoms with Crippen molar-refractivity contribution >= 4 is 11.7 Å². The summed E-state index contributed by atoms with van der Waals surface area (Å²) in [4.78, 5) is 19.1. The molecule has 1 fully saturated rings. The maximum Gasteiger partial charge on any atom is 0.257 e. The van der Waals surface area contributed by atoms with Crippen LogP contribution >= 0.6 is 0 Å². The molecule has 2 heterocycles. The van der Waals surface area contributed by atoms with E-state index in [0.29, 0.717) is 24.3 Å². The molecule has 5 heteroatoms. The predicted octanol–water partition coefficient (Wildman–Crippen LogP) is 3.42. The number of amides is 1. The van der Waals surface area contributed by atoms with Crippen LogP contribution in [-0.2, 0) is 5.60 Å². The van der Waals surface area contributed by atoms with Crippen LogP contribution in [0.3, 0.4) is 0 Å². The Morgan fingerprint density at radius 3 is 2.62 bits per heavy atom. The number of nitrogens with zero attached hydrogens (tertiary/aromatic N) is 2. The zero-order valence-corrected chi connectivity index (χ0v) is 15.3. The van der Waals surface area contributed by atoms with E-state index in [1.807, 2.05) is 48.2 Å². The number of pyridine rings is 1. The molecule has 2 aromatic rings. The molecule has 0 radical (unpaired) electrons. The van der Waals surface area contributed by atoms with Crippen molar-refractivity contribution in [2.75, 3.05) is 25.0 Å². The van der Waals surface area contributed by atoms with Crippen molar-refractivity contribution in [2.24, 2.45) is 0 Å². The van der Waals surface area contributed by atoms with Gasteiger partial charge < -0.3 is 15.3 Å². The van der Waals surface area contributed by atoms with Crippen LogP contribution in [0.15, 0.2) is 48.7 Å². The number of aromatic nitrogens is 1. The number of benzene rings is 1. The van der Waals surface area contributed by atoms with Crippen molar-refractivity contribution in [1.82, 2.24) is 9.88 Å². The molecular weight excluding hydrogens is 326 g/mol. The van der Waals surface area contributed by atoms with Gasteiger partial charge >= 0.3 is 0 Å². The second-order valence-electron chi connectivity index (χ2n) is 7.07. The first-order chi connectivity index (χ1) is 12.6. The number of nitrogens with one attached hydrogen (secondary N) is 1. The summed E-state index contributed by atoms with van der Waals surface area (Å²) in [5, 5.41) is 14.0. The smallest absolute Gasteiger partial charge is 0.257 e. The van der Waals surface area contributed by atoms with E-state index in [9.17, 15) is 9.90 Å². The van der Waals surface area contributed by atoms with Gasteiger partial charge in [-0.1, -0.05) is 30.3 Å². The molecule has 1 aliphatic heterocycles. The van der Waals surface area contributed by atoms with Gasteiger partial charge in [0.25, 0.3) is 5.91 Å². The lowest BCUT2D eigenvalue weighted by atomic mass is 9.92. The summed E-state index contributed by atoms with van der Waals surface area (Å²) in [6, 6.07) is 13.2. The Hall–Kier alpha value is -2.40. The highest BCUT2D eigenvalue weighted by molar-refractivity contribution is 5.98. The highest BCUT2D eigenvalue weighted by Gasteiger charge is 2.24. The van der Waals surface area contributed by atoms with Crippen LogP contribution in [-0.4, -0.2) is 40.5 Å². The van der Waals surface area contributed by atoms with Gasteiger partial charge in [-0.15, -0.1) is 0 Å². The summed E-state index contributed by atoms with van der Waals surface area (Å²) in [5.41, 5.74) is 0.557. The van der Waals surface area contributed by atoms with Crippen molar-refractivity contribution in [3.05, 3.63) is 59.8 Å². The first-order valence-corrected chi connectivity index (χ1v) is 9.34. The first kappa shape index (κ1) is 18.4. The Morgan fingerprint density at radius 1 is 1.15 bits per heavy atom. The molecule has 1 aliphatic rings. The molecule has 26 heavy (non-hydrogen) atoms. The molecule has 0 aliphatic carbocycles. The molecule has 0 saturated carbocycles. The number of anilines is 1. The van der Waals surface area contributed by atoms with Gasteiger partial charge in [0, 0.05) is 25.8 Å². The minimum Gasteiger partial charge on any atom is -0.385 e. The highest BCUT2D eigenvalue weighted by atomic mass is 16.3. The molecule has 138 valence electrons. The molecular formula is C21H27N3O2. The summed E-state index contributed by atoms with van der Waals surface area (Å²) in [5.74, 6) is 0.627. The Balaban J connectivity index is 1.64. The van der Waals surface area contributed by atoms with Gasteiger partial charge in [-0.2, -0.15) is 0 Å². The average molecular weight is 353 g/mol. The van der Waals surface area contributed by atoms with E-state index in [1.54, 1.807) is 12.3 Å². The van der Waals surface area contributed by atoms with E-state index in [0.717, 1.165) is 31.5 Å². The SMILES string of the molecule is CC(O)(CCNc1ncccc1C(=O)N1CCCCC1)c1ccccc1. The van der Waals surface area contributed by atoms with Gasteiger partial charge in [0.1, 0.15) is 5.82 Å². The lowest BCUT2D eigenvalue weighted by Crippen LogP contribution is -2.36. The van der Waals surface area contributed by atoms with E-state index in [2.05, 4.69) is 10.3 Å². The van der Waals surface area contributed by atoms with E-state index in [1.165, 1.54) is 6.42 Å². The van der Waals surface area contributed by atoms with Gasteiger partial charge in [0.2, 0.25) is 0 Å². The second-order valence-corrected chi connectivity index (χ2v) is 7.07. The van der Waals surface area contributed by atoms with Crippen molar-refractivity contribution in [3.63, 3.8) is 0 Å². The van der Waals surface area contributed by atoms with Gasteiger partial charge in [0.05, 0.1) is 11.2 Å². The van der Waals surface area contributed by atoms with Gasteiger partial charge in [0.15, 0.2) is 0 Å². The number of hydrogen-bond donors (Lipinski definition) is 2. The standard InChI is InChI=1S/C21H27N3O2/c1-21(26,17-9-4-2-5-10-17)12-14-23-19-18(11-8-13-22-19)20(25)24-15-6-3-7-16-24/h2,4-5,8-11,13,26H,3,6-7,12,14-16H2,1H3,(H,22,23). The van der Waals surface area contributed by atoms with Gasteiger partial charge in [-0.05, 0) is 50.3 Å². The summed E-state index contributed by atoms with van der Waals surface area (Å²) < 4.78 is 0. The Labute approximate surface area is 155 Å². The normalized spacial score (nSPS) is 16.8. The van der Waals surface area contributed by atoms with Crippen LogP contribution < -0.4 is 5.32 Å². The van der Waals surface area contributed by atoms with E-state index >= 15 is 0 Å². The van der Waals surface area contributed by atoms with Crippen LogP contribution in [0.4, 0.5) is 5.82 Å². The molecule has 0 bridgehead atoms. The summed E-state index contributed by atoms with van der Waals surface area (Å²) >= 11 is 0. The Morgan fingerprint density at radius 2 is 1.88 bits per heavy atom. The number of carbonyl (C=O) groups is 1. The first-order valence-electron chi connectivity index (χ1n) is 9.34. The minimum absolute atomic E-state index is 0.0371. The van der Waals surface area contributed by atoms with Gasteiger partial charge in [-0.3, -0.25) is 4.79 Å². The topological polar surface area (TPSA) is 65.5 Å². The summed E-state index contributed by atoms with van der Waals surface area (Å²) in [6.07, 6.45) is 5.52. The summed E-state index contributed by atoms with van der Waals surface area (Å²) in [6.45, 7) is 3.97. The molecule has 2 N–H and O–H groups in total. The molecule has 1 unspecified atom stereocenters. The lowest BCUT2D eigenvalue weighted by molar-refractivity contribution is 0.0515. The number of carbonyl (C=O) groups excluding carboxylic acids is 1. The van der Waals surface area contributed by atoms with Crippen molar-refractivity contribution < 1.29 is 9.90 Å². The second kappa shape index (κ2) is 8.32. The van der Waals surface area contributed by atoms with Crippen molar-refractivity contribution in [3.8, 4) is 0 Å². The lowest BCUT2D eigenvalue weighted by Gasteiger charge is -2.27. The molecule has 1 saturated heterocycles. The zero-order valence-electron chi connectivity index (χ0n) is 15.3. The fourth-order valence-electron chi connectivity index (χ4n) is 3.35. The highest BCUT2D eigenvalue weighted by Crippen LogP contribution is 2.24. The Kier molecular flexibility index (Phi) is 5.89. The summed E-state index contributed by atoms with van der Waals surface area (Å²) in [7, 11) is 0. The monoisotopic (exact) mass is 353 g/mol. The predicted molar refractivity (Wildman–Crippen MR) is 103 cm³/mol. The zero-order chi connectivity index (χ0) is 18.4. The fraction of sp³-hybridized carbons (Fsp3) is 0.429. The van der Waals surface area contributed by atoms with Crippen LogP contribution in [0.25, 0.3) is 0 Å². The number of likely N-dealkylation sites (tertiary alicyclic amines) is 1. The molecule has 1 aromatic heterocycles. The van der Waals surface area contributed by atoms with Crippen molar-refractivity contribution in [2.45, 2.75) is 38.2 Å². The van der Waals surface area contributed by atoms with Crippen LogP contribution in [0.5, 0.6) is 0 Å². The fourth-order valence-corrected chi connectivity index (χ4v) is 3.35. The largest absolute Gasteiger partial charge is 0.385 e. The van der Waals surface area contributed by atoms with Crippen LogP contribution in [0.1, 0.15) is 48.5 Å². The quantitative estimate of drug-likeness (QED) is 0.835. The molecule has 5 nitrogen and oxygen atoms in total. The number of rotatable bonds is 6. The van der Waals surface area contributed by atoms with Gasteiger partial charge in [-0.25, -0.2) is 4.98 Å².